The van der Waals surface area contributed by atoms with E-state index in [2.05, 4.69) is 20.2 Å². The first kappa shape index (κ1) is 19.0. The van der Waals surface area contributed by atoms with E-state index >= 15 is 0 Å². The van der Waals surface area contributed by atoms with Crippen LogP contribution >= 0.6 is 0 Å². The largest absolute Gasteiger partial charge is 0.384 e. The molecule has 0 saturated carbocycles. The zero-order chi connectivity index (χ0) is 21.0. The van der Waals surface area contributed by atoms with Gasteiger partial charge in [0.25, 0.3) is 0 Å². The van der Waals surface area contributed by atoms with Gasteiger partial charge in [-0.1, -0.05) is 17.3 Å². The van der Waals surface area contributed by atoms with Crippen molar-refractivity contribution in [2.75, 3.05) is 5.73 Å². The number of aliphatic hydroxyl groups is 2. The molecular formula is C20H22N6O3. The van der Waals surface area contributed by atoms with Gasteiger partial charge in [-0.2, -0.15) is 10.1 Å². The lowest BCUT2D eigenvalue weighted by Crippen LogP contribution is -2.23. The third kappa shape index (κ3) is 3.24. The van der Waals surface area contributed by atoms with Crippen molar-refractivity contribution < 1.29 is 14.7 Å². The highest BCUT2D eigenvalue weighted by molar-refractivity contribution is 5.85. The number of hydrogen-bond donors (Lipinski definition) is 3. The smallest absolute Gasteiger partial charge is 0.221 e. The Bertz CT molecular complexity index is 1200. The van der Waals surface area contributed by atoms with Crippen molar-refractivity contribution in [1.29, 1.82) is 0 Å². The fourth-order valence-electron chi connectivity index (χ4n) is 3.27. The van der Waals surface area contributed by atoms with Crippen molar-refractivity contribution in [2.45, 2.75) is 38.9 Å². The standard InChI is InChI=1S/C20H22N6O3/c1-11-9-15(25-29-11)20(4,28)12-5-6-13-14(10-12)26(24-17(13)19(2,3)27)16-7-8-22-18(21)23-16/h5-10,27-28H,1-4H3,(H2,21,22,23)/t20-/m1/s1. The summed E-state index contributed by atoms with van der Waals surface area (Å²) >= 11 is 0. The van der Waals surface area contributed by atoms with E-state index in [-0.39, 0.29) is 5.95 Å². The predicted molar refractivity (Wildman–Crippen MR) is 106 cm³/mol. The maximum absolute atomic E-state index is 11.2. The Morgan fingerprint density at radius 3 is 2.48 bits per heavy atom. The third-order valence-electron chi connectivity index (χ3n) is 4.83. The second-order valence-corrected chi connectivity index (χ2v) is 7.72. The van der Waals surface area contributed by atoms with E-state index in [0.29, 0.717) is 34.0 Å². The van der Waals surface area contributed by atoms with Crippen LogP contribution in [0.1, 0.15) is 43.5 Å². The molecule has 29 heavy (non-hydrogen) atoms. The zero-order valence-corrected chi connectivity index (χ0v) is 16.6. The predicted octanol–water partition coefficient (Wildman–Crippen LogP) is 2.18. The van der Waals surface area contributed by atoms with Crippen molar-refractivity contribution in [1.82, 2.24) is 24.9 Å². The first-order chi connectivity index (χ1) is 13.6. The van der Waals surface area contributed by atoms with Crippen LogP contribution in [-0.4, -0.2) is 35.1 Å². The minimum atomic E-state index is -1.39. The summed E-state index contributed by atoms with van der Waals surface area (Å²) in [5, 5.41) is 31.0. The maximum Gasteiger partial charge on any atom is 0.221 e. The Labute approximate surface area is 166 Å². The van der Waals surface area contributed by atoms with Crippen molar-refractivity contribution in [3.8, 4) is 5.82 Å². The first-order valence-corrected chi connectivity index (χ1v) is 9.08. The van der Waals surface area contributed by atoms with Gasteiger partial charge < -0.3 is 20.5 Å². The van der Waals surface area contributed by atoms with Gasteiger partial charge in [0, 0.05) is 23.7 Å². The van der Waals surface area contributed by atoms with Gasteiger partial charge in [0.05, 0.1) is 5.52 Å². The lowest BCUT2D eigenvalue weighted by atomic mass is 9.91. The molecule has 1 atom stereocenters. The summed E-state index contributed by atoms with van der Waals surface area (Å²) in [6.07, 6.45) is 1.53. The Morgan fingerprint density at radius 2 is 1.86 bits per heavy atom. The van der Waals surface area contributed by atoms with E-state index in [1.54, 1.807) is 56.6 Å². The van der Waals surface area contributed by atoms with Crippen molar-refractivity contribution in [2.24, 2.45) is 0 Å². The summed E-state index contributed by atoms with van der Waals surface area (Å²) in [5.41, 5.74) is 5.28. The van der Waals surface area contributed by atoms with Crippen LogP contribution in [0.25, 0.3) is 16.7 Å². The van der Waals surface area contributed by atoms with Gasteiger partial charge in [0.15, 0.2) is 5.82 Å². The van der Waals surface area contributed by atoms with Crippen LogP contribution in [-0.2, 0) is 11.2 Å². The summed E-state index contributed by atoms with van der Waals surface area (Å²) < 4.78 is 6.70. The highest BCUT2D eigenvalue weighted by Crippen LogP contribution is 2.34. The fraction of sp³-hybridized carbons (Fsp3) is 0.300. The summed E-state index contributed by atoms with van der Waals surface area (Å²) in [4.78, 5) is 8.16. The van der Waals surface area contributed by atoms with Crippen molar-refractivity contribution in [3.63, 3.8) is 0 Å². The number of nitrogens with zero attached hydrogens (tertiary/aromatic N) is 5. The van der Waals surface area contributed by atoms with Crippen LogP contribution < -0.4 is 5.73 Å². The second kappa shape index (κ2) is 6.36. The molecule has 0 aliphatic carbocycles. The average molecular weight is 394 g/mol. The van der Waals surface area contributed by atoms with Gasteiger partial charge in [-0.25, -0.2) is 9.67 Å². The van der Waals surface area contributed by atoms with E-state index in [1.165, 1.54) is 6.20 Å². The van der Waals surface area contributed by atoms with Crippen LogP contribution in [0, 0.1) is 6.92 Å². The molecule has 0 saturated heterocycles. The van der Waals surface area contributed by atoms with E-state index in [9.17, 15) is 10.2 Å². The Kier molecular flexibility index (Phi) is 4.18. The van der Waals surface area contributed by atoms with Crippen LogP contribution in [0.3, 0.4) is 0 Å². The van der Waals surface area contributed by atoms with Crippen LogP contribution in [0.4, 0.5) is 5.95 Å². The molecule has 3 aromatic heterocycles. The highest BCUT2D eigenvalue weighted by atomic mass is 16.5. The molecule has 3 heterocycles. The molecule has 0 fully saturated rings. The third-order valence-corrected chi connectivity index (χ3v) is 4.83. The number of aromatic nitrogens is 5. The maximum atomic E-state index is 11.2. The number of rotatable bonds is 4. The van der Waals surface area contributed by atoms with Crippen molar-refractivity contribution in [3.05, 3.63) is 59.2 Å². The molecule has 9 nitrogen and oxygen atoms in total. The fourth-order valence-corrected chi connectivity index (χ4v) is 3.27. The SMILES string of the molecule is Cc1cc([C@](C)(O)c2ccc3c(C(C)(C)O)nn(-c4ccnc(N)n4)c3c2)no1. The Hall–Kier alpha value is -3.30. The Balaban J connectivity index is 1.97. The van der Waals surface area contributed by atoms with Gasteiger partial charge in [-0.3, -0.25) is 0 Å². The van der Waals surface area contributed by atoms with Crippen molar-refractivity contribution >= 4 is 16.9 Å². The molecule has 0 bridgehead atoms. The summed E-state index contributed by atoms with van der Waals surface area (Å²) in [5.74, 6) is 1.16. The summed E-state index contributed by atoms with van der Waals surface area (Å²) in [6, 6.07) is 8.74. The lowest BCUT2D eigenvalue weighted by molar-refractivity contribution is 0.0749. The second-order valence-electron chi connectivity index (χ2n) is 7.72. The molecule has 0 spiro atoms. The zero-order valence-electron chi connectivity index (χ0n) is 16.6. The highest BCUT2D eigenvalue weighted by Gasteiger charge is 2.32. The van der Waals surface area contributed by atoms with Gasteiger partial charge in [-0.15, -0.1) is 0 Å². The summed E-state index contributed by atoms with van der Waals surface area (Å²) in [6.45, 7) is 6.73. The summed E-state index contributed by atoms with van der Waals surface area (Å²) in [7, 11) is 0. The number of hydrogen-bond acceptors (Lipinski definition) is 8. The first-order valence-electron chi connectivity index (χ1n) is 9.08. The monoisotopic (exact) mass is 394 g/mol. The van der Waals surface area contributed by atoms with E-state index in [0.717, 1.165) is 5.39 Å². The molecule has 0 aliphatic rings. The lowest BCUT2D eigenvalue weighted by Gasteiger charge is -2.21. The van der Waals surface area contributed by atoms with E-state index in [1.807, 2.05) is 6.07 Å². The molecule has 0 amide bonds. The molecule has 1 aromatic carbocycles. The number of nitrogen functional groups attached to an aromatic ring is 1. The number of aryl methyl sites for hydroxylation is 1. The molecule has 0 radical (unpaired) electrons. The molecule has 4 N–H and O–H groups in total. The van der Waals surface area contributed by atoms with Gasteiger partial charge in [0.2, 0.25) is 5.95 Å². The number of anilines is 1. The van der Waals surface area contributed by atoms with Gasteiger partial charge in [-0.05, 0) is 39.3 Å². The molecule has 4 rings (SSSR count). The van der Waals surface area contributed by atoms with Crippen LogP contribution in [0.5, 0.6) is 0 Å². The molecule has 4 aromatic rings. The molecule has 0 unspecified atom stereocenters. The van der Waals surface area contributed by atoms with Gasteiger partial charge >= 0.3 is 0 Å². The van der Waals surface area contributed by atoms with Crippen LogP contribution in [0.15, 0.2) is 41.1 Å². The number of benzene rings is 1. The molecular weight excluding hydrogens is 372 g/mol. The molecule has 0 aliphatic heterocycles. The topological polar surface area (TPSA) is 136 Å². The normalized spacial score (nSPS) is 14.3. The quantitative estimate of drug-likeness (QED) is 0.479. The Morgan fingerprint density at radius 1 is 1.10 bits per heavy atom. The molecule has 150 valence electrons. The van der Waals surface area contributed by atoms with E-state index in [4.69, 9.17) is 10.3 Å². The number of nitrogens with two attached hydrogens (primary N) is 1. The number of fused-ring (bicyclic) bond motifs is 1. The van der Waals surface area contributed by atoms with Gasteiger partial charge in [0.1, 0.15) is 28.4 Å². The minimum absolute atomic E-state index is 0.109. The minimum Gasteiger partial charge on any atom is -0.384 e. The average Bonchev–Trinajstić information content (AvgIpc) is 3.25. The van der Waals surface area contributed by atoms with Crippen LogP contribution in [0.2, 0.25) is 0 Å². The van der Waals surface area contributed by atoms with E-state index < -0.39 is 11.2 Å². The molecule has 9 heteroatoms.